The summed E-state index contributed by atoms with van der Waals surface area (Å²) in [7, 11) is 0. The molecule has 0 unspecified atom stereocenters. The molecule has 0 amide bonds. The Labute approximate surface area is 94.2 Å². The molecular formula is C12H13N3O. The van der Waals surface area contributed by atoms with Gasteiger partial charge >= 0.3 is 0 Å². The summed E-state index contributed by atoms with van der Waals surface area (Å²) >= 11 is 0. The van der Waals surface area contributed by atoms with Crippen LogP contribution in [0.15, 0.2) is 35.5 Å². The van der Waals surface area contributed by atoms with Crippen molar-refractivity contribution in [1.82, 2.24) is 0 Å². The van der Waals surface area contributed by atoms with Crippen LogP contribution in [0, 0.1) is 0 Å². The van der Waals surface area contributed by atoms with Gasteiger partial charge in [0.25, 0.3) is 0 Å². The van der Waals surface area contributed by atoms with E-state index in [1.807, 2.05) is 30.3 Å². The summed E-state index contributed by atoms with van der Waals surface area (Å²) < 4.78 is 0. The zero-order chi connectivity index (χ0) is 11.8. The highest BCUT2D eigenvalue weighted by Gasteiger charge is 1.96. The maximum absolute atomic E-state index is 10.9. The third-order valence-corrected chi connectivity index (χ3v) is 1.99. The summed E-state index contributed by atoms with van der Waals surface area (Å²) in [6.07, 6.45) is 4.15. The molecule has 0 radical (unpaired) electrons. The number of azide groups is 1. The fraction of sp³-hybridized carbons (Fsp3) is 0.250. The zero-order valence-electron chi connectivity index (χ0n) is 9.13. The quantitative estimate of drug-likeness (QED) is 0.422. The fourth-order valence-electron chi connectivity index (χ4n) is 1.31. The molecule has 0 aliphatic heterocycles. The minimum absolute atomic E-state index is 0.159. The summed E-state index contributed by atoms with van der Waals surface area (Å²) in [6.45, 7) is 1.93. The molecule has 0 saturated heterocycles. The molecule has 1 aromatic rings. The van der Waals surface area contributed by atoms with Gasteiger partial charge in [-0.2, -0.15) is 0 Å². The highest BCUT2D eigenvalue weighted by Crippen LogP contribution is 2.07. The Morgan fingerprint density at radius 1 is 1.44 bits per heavy atom. The van der Waals surface area contributed by atoms with E-state index in [9.17, 15) is 4.79 Å². The first-order chi connectivity index (χ1) is 7.72. The van der Waals surface area contributed by atoms with Gasteiger partial charge in [-0.1, -0.05) is 41.5 Å². The van der Waals surface area contributed by atoms with Crippen LogP contribution in [0.3, 0.4) is 0 Å². The van der Waals surface area contributed by atoms with Crippen molar-refractivity contribution in [3.8, 4) is 0 Å². The van der Waals surface area contributed by atoms with E-state index < -0.39 is 0 Å². The van der Waals surface area contributed by atoms with Gasteiger partial charge in [0, 0.05) is 17.9 Å². The topological polar surface area (TPSA) is 65.8 Å². The van der Waals surface area contributed by atoms with Gasteiger partial charge < -0.3 is 0 Å². The molecule has 1 aromatic carbocycles. The molecule has 0 atom stereocenters. The third kappa shape index (κ3) is 4.44. The number of hydrogen-bond donors (Lipinski definition) is 0. The number of benzene rings is 1. The van der Waals surface area contributed by atoms with Gasteiger partial charge in [-0.05, 0) is 23.6 Å². The van der Waals surface area contributed by atoms with Crippen LogP contribution < -0.4 is 0 Å². The van der Waals surface area contributed by atoms with E-state index in [0.717, 1.165) is 11.1 Å². The Morgan fingerprint density at radius 3 is 2.69 bits per heavy atom. The molecule has 0 aliphatic rings. The van der Waals surface area contributed by atoms with Crippen molar-refractivity contribution in [2.45, 2.75) is 13.3 Å². The standard InChI is InChI=1S/C12H13N3O/c1-10(16)9-12-6-4-11(5-7-12)3-2-8-14-15-13/h2-7H,8-9H2,1H3. The molecule has 0 heterocycles. The maximum atomic E-state index is 10.9. The van der Waals surface area contributed by atoms with Gasteiger partial charge in [0.05, 0.1) is 0 Å². The molecule has 1 rings (SSSR count). The van der Waals surface area contributed by atoms with Crippen LogP contribution in [0.4, 0.5) is 0 Å². The van der Waals surface area contributed by atoms with Crippen LogP contribution >= 0.6 is 0 Å². The van der Waals surface area contributed by atoms with Crippen LogP contribution in [0.5, 0.6) is 0 Å². The smallest absolute Gasteiger partial charge is 0.134 e. The van der Waals surface area contributed by atoms with Crippen LogP contribution in [0.25, 0.3) is 16.5 Å². The minimum atomic E-state index is 0.159. The fourth-order valence-corrected chi connectivity index (χ4v) is 1.31. The van der Waals surface area contributed by atoms with Crippen molar-refractivity contribution in [3.63, 3.8) is 0 Å². The van der Waals surface area contributed by atoms with Gasteiger partial charge in [-0.25, -0.2) is 0 Å². The number of Topliss-reactive ketones (excluding diaryl/α,β-unsaturated/α-hetero) is 1. The number of carbonyl (C=O) groups is 1. The molecular weight excluding hydrogens is 202 g/mol. The van der Waals surface area contributed by atoms with Crippen molar-refractivity contribution in [1.29, 1.82) is 0 Å². The predicted molar refractivity (Wildman–Crippen MR) is 63.9 cm³/mol. The van der Waals surface area contributed by atoms with Crippen molar-refractivity contribution < 1.29 is 4.79 Å². The molecule has 0 aliphatic carbocycles. The second-order valence-electron chi connectivity index (χ2n) is 3.44. The summed E-state index contributed by atoms with van der Waals surface area (Å²) in [6, 6.07) is 7.72. The number of carbonyl (C=O) groups excluding carboxylic acids is 1. The van der Waals surface area contributed by atoms with Crippen molar-refractivity contribution in [2.75, 3.05) is 6.54 Å². The third-order valence-electron chi connectivity index (χ3n) is 1.99. The summed E-state index contributed by atoms with van der Waals surface area (Å²) in [5.41, 5.74) is 10.1. The average Bonchev–Trinajstić information content (AvgIpc) is 2.26. The summed E-state index contributed by atoms with van der Waals surface area (Å²) in [5.74, 6) is 0.159. The van der Waals surface area contributed by atoms with E-state index in [4.69, 9.17) is 5.53 Å². The molecule has 82 valence electrons. The second-order valence-corrected chi connectivity index (χ2v) is 3.44. The average molecular weight is 215 g/mol. The van der Waals surface area contributed by atoms with Crippen LogP contribution in [0.1, 0.15) is 18.1 Å². The number of rotatable bonds is 5. The predicted octanol–water partition coefficient (Wildman–Crippen LogP) is 3.14. The molecule has 0 bridgehead atoms. The first-order valence-electron chi connectivity index (χ1n) is 4.98. The normalized spacial score (nSPS) is 10.1. The molecule has 16 heavy (non-hydrogen) atoms. The zero-order valence-corrected chi connectivity index (χ0v) is 9.13. The summed E-state index contributed by atoms with van der Waals surface area (Å²) in [5, 5.41) is 3.39. The molecule has 0 fully saturated rings. The first-order valence-corrected chi connectivity index (χ1v) is 4.98. The molecule has 0 N–H and O–H groups in total. The van der Waals surface area contributed by atoms with Gasteiger partial charge in [0.2, 0.25) is 0 Å². The molecule has 0 saturated carbocycles. The maximum Gasteiger partial charge on any atom is 0.134 e. The highest BCUT2D eigenvalue weighted by molar-refractivity contribution is 5.78. The van der Waals surface area contributed by atoms with Gasteiger partial charge in [-0.3, -0.25) is 4.79 Å². The van der Waals surface area contributed by atoms with Crippen LogP contribution in [-0.4, -0.2) is 12.3 Å². The number of hydrogen-bond acceptors (Lipinski definition) is 2. The summed E-state index contributed by atoms with van der Waals surface area (Å²) in [4.78, 5) is 13.5. The Bertz CT molecular complexity index is 428. The Balaban J connectivity index is 2.60. The lowest BCUT2D eigenvalue weighted by Gasteiger charge is -1.98. The highest BCUT2D eigenvalue weighted by atomic mass is 16.1. The number of ketones is 1. The van der Waals surface area contributed by atoms with E-state index in [1.165, 1.54) is 0 Å². The SMILES string of the molecule is CC(=O)Cc1ccc(C=CCN=[N+]=[N-])cc1. The largest absolute Gasteiger partial charge is 0.300 e. The van der Waals surface area contributed by atoms with E-state index in [2.05, 4.69) is 10.0 Å². The van der Waals surface area contributed by atoms with Crippen molar-refractivity contribution in [3.05, 3.63) is 51.9 Å². The lowest BCUT2D eigenvalue weighted by molar-refractivity contribution is -0.116. The Kier molecular flexibility index (Phi) is 4.83. The first kappa shape index (κ1) is 12.0. The van der Waals surface area contributed by atoms with E-state index >= 15 is 0 Å². The van der Waals surface area contributed by atoms with Gasteiger partial charge in [0.1, 0.15) is 5.78 Å². The van der Waals surface area contributed by atoms with E-state index in [0.29, 0.717) is 13.0 Å². The van der Waals surface area contributed by atoms with Crippen LogP contribution in [-0.2, 0) is 11.2 Å². The number of nitrogens with zero attached hydrogens (tertiary/aromatic N) is 3. The van der Waals surface area contributed by atoms with E-state index in [1.54, 1.807) is 13.0 Å². The second kappa shape index (κ2) is 6.43. The molecule has 4 heteroatoms. The van der Waals surface area contributed by atoms with Crippen LogP contribution in [0.2, 0.25) is 0 Å². The molecule has 4 nitrogen and oxygen atoms in total. The van der Waals surface area contributed by atoms with Gasteiger partial charge in [-0.15, -0.1) is 0 Å². The van der Waals surface area contributed by atoms with Crippen molar-refractivity contribution >= 4 is 11.9 Å². The van der Waals surface area contributed by atoms with E-state index in [-0.39, 0.29) is 5.78 Å². The molecule has 0 aromatic heterocycles. The minimum Gasteiger partial charge on any atom is -0.300 e. The van der Waals surface area contributed by atoms with Crippen molar-refractivity contribution in [2.24, 2.45) is 5.11 Å². The lowest BCUT2D eigenvalue weighted by Crippen LogP contribution is -1.95. The monoisotopic (exact) mass is 215 g/mol. The Hall–Kier alpha value is -2.06. The lowest BCUT2D eigenvalue weighted by atomic mass is 10.1. The Morgan fingerprint density at radius 2 is 2.12 bits per heavy atom. The molecule has 0 spiro atoms. The van der Waals surface area contributed by atoms with Gasteiger partial charge in [0.15, 0.2) is 0 Å².